The van der Waals surface area contributed by atoms with E-state index in [0.29, 0.717) is 31.9 Å². The smallest absolute Gasteiger partial charge is 0.368 e. The summed E-state index contributed by atoms with van der Waals surface area (Å²) in [6, 6.07) is 5.09. The zero-order chi connectivity index (χ0) is 20.7. The van der Waals surface area contributed by atoms with E-state index in [9.17, 15) is 27.6 Å². The average Bonchev–Trinajstić information content (AvgIpc) is 2.83. The number of anilines is 1. The summed E-state index contributed by atoms with van der Waals surface area (Å²) in [5.41, 5.74) is -1.05. The zero-order valence-electron chi connectivity index (χ0n) is 15.8. The molecule has 2 heterocycles. The fourth-order valence-electron chi connectivity index (χ4n) is 3.52. The molecule has 152 valence electrons. The highest BCUT2D eigenvalue weighted by molar-refractivity contribution is 6.07. The molecule has 0 atom stereocenters. The number of likely N-dealkylation sites (tertiary alicyclic amines) is 1. The minimum Gasteiger partial charge on any atom is -0.368 e. The van der Waals surface area contributed by atoms with Crippen molar-refractivity contribution in [3.05, 3.63) is 29.8 Å². The van der Waals surface area contributed by atoms with E-state index in [0.717, 1.165) is 17.0 Å². The molecule has 0 bridgehead atoms. The van der Waals surface area contributed by atoms with Crippen molar-refractivity contribution in [2.24, 2.45) is 5.41 Å². The SMILES string of the molecule is CC1(C)CC(=O)N(CC(=O)N2CCN(c3cccc(C(F)(F)F)c3)CC2)C1=O. The summed E-state index contributed by atoms with van der Waals surface area (Å²) >= 11 is 0. The van der Waals surface area contributed by atoms with Gasteiger partial charge in [0.25, 0.3) is 0 Å². The molecule has 2 aliphatic rings. The van der Waals surface area contributed by atoms with Crippen molar-refractivity contribution in [1.29, 1.82) is 0 Å². The van der Waals surface area contributed by atoms with Crippen LogP contribution in [0, 0.1) is 5.41 Å². The highest BCUT2D eigenvalue weighted by Crippen LogP contribution is 2.33. The van der Waals surface area contributed by atoms with Crippen LogP contribution in [0.2, 0.25) is 0 Å². The van der Waals surface area contributed by atoms with Crippen LogP contribution in [0.4, 0.5) is 18.9 Å². The number of halogens is 3. The lowest BCUT2D eigenvalue weighted by Crippen LogP contribution is -2.52. The van der Waals surface area contributed by atoms with Crippen LogP contribution in [0.3, 0.4) is 0 Å². The lowest BCUT2D eigenvalue weighted by Gasteiger charge is -2.36. The third-order valence-electron chi connectivity index (χ3n) is 5.18. The van der Waals surface area contributed by atoms with Crippen molar-refractivity contribution >= 4 is 23.4 Å². The molecule has 0 radical (unpaired) electrons. The van der Waals surface area contributed by atoms with Crippen molar-refractivity contribution in [3.63, 3.8) is 0 Å². The quantitative estimate of drug-likeness (QED) is 0.734. The lowest BCUT2D eigenvalue weighted by atomic mass is 9.92. The van der Waals surface area contributed by atoms with E-state index >= 15 is 0 Å². The fourth-order valence-corrected chi connectivity index (χ4v) is 3.52. The normalized spacial score (nSPS) is 20.1. The van der Waals surface area contributed by atoms with E-state index in [1.54, 1.807) is 24.8 Å². The molecule has 2 fully saturated rings. The molecule has 0 saturated carbocycles. The van der Waals surface area contributed by atoms with Crippen LogP contribution in [0.5, 0.6) is 0 Å². The Bertz CT molecular complexity index is 799. The predicted octanol–water partition coefficient (Wildman–Crippen LogP) is 2.14. The van der Waals surface area contributed by atoms with Crippen molar-refractivity contribution in [1.82, 2.24) is 9.80 Å². The summed E-state index contributed by atoms with van der Waals surface area (Å²) in [5.74, 6) is -1.04. The number of piperazine rings is 1. The van der Waals surface area contributed by atoms with Gasteiger partial charge in [0.2, 0.25) is 17.7 Å². The van der Waals surface area contributed by atoms with E-state index < -0.39 is 17.2 Å². The molecule has 1 aromatic rings. The summed E-state index contributed by atoms with van der Waals surface area (Å²) in [7, 11) is 0. The van der Waals surface area contributed by atoms with Crippen LogP contribution in [0.15, 0.2) is 24.3 Å². The van der Waals surface area contributed by atoms with E-state index in [1.165, 1.54) is 11.0 Å². The Morgan fingerprint density at radius 3 is 2.29 bits per heavy atom. The van der Waals surface area contributed by atoms with Crippen molar-refractivity contribution in [3.8, 4) is 0 Å². The largest absolute Gasteiger partial charge is 0.416 e. The molecule has 9 heteroatoms. The van der Waals surface area contributed by atoms with Gasteiger partial charge in [0.05, 0.1) is 11.0 Å². The predicted molar refractivity (Wildman–Crippen MR) is 95.4 cm³/mol. The third-order valence-corrected chi connectivity index (χ3v) is 5.18. The molecule has 0 unspecified atom stereocenters. The first kappa shape index (κ1) is 20.2. The van der Waals surface area contributed by atoms with Crippen LogP contribution in [-0.4, -0.2) is 60.2 Å². The maximum atomic E-state index is 12.9. The number of imide groups is 1. The van der Waals surface area contributed by atoms with E-state index in [2.05, 4.69) is 0 Å². The Balaban J connectivity index is 1.59. The van der Waals surface area contributed by atoms with Gasteiger partial charge < -0.3 is 9.80 Å². The molecular formula is C19H22F3N3O3. The molecule has 2 aliphatic heterocycles. The maximum Gasteiger partial charge on any atom is 0.416 e. The van der Waals surface area contributed by atoms with Gasteiger partial charge in [-0.15, -0.1) is 0 Å². The Morgan fingerprint density at radius 1 is 1.11 bits per heavy atom. The van der Waals surface area contributed by atoms with Gasteiger partial charge in [0.15, 0.2) is 0 Å². The van der Waals surface area contributed by atoms with Crippen LogP contribution < -0.4 is 4.90 Å². The molecule has 2 saturated heterocycles. The molecule has 3 rings (SSSR count). The van der Waals surface area contributed by atoms with E-state index in [1.807, 2.05) is 0 Å². The number of amides is 3. The van der Waals surface area contributed by atoms with Gasteiger partial charge in [-0.05, 0) is 18.2 Å². The monoisotopic (exact) mass is 397 g/mol. The number of nitrogens with zero attached hydrogens (tertiary/aromatic N) is 3. The Hall–Kier alpha value is -2.58. The van der Waals surface area contributed by atoms with Crippen molar-refractivity contribution < 1.29 is 27.6 Å². The molecule has 0 aliphatic carbocycles. The van der Waals surface area contributed by atoms with Gasteiger partial charge >= 0.3 is 6.18 Å². The van der Waals surface area contributed by atoms with Crippen molar-refractivity contribution in [2.75, 3.05) is 37.6 Å². The maximum absolute atomic E-state index is 12.9. The molecule has 1 aromatic carbocycles. The third kappa shape index (κ3) is 3.98. The van der Waals surface area contributed by atoms with Gasteiger partial charge in [0.1, 0.15) is 6.54 Å². The second-order valence-corrected chi connectivity index (χ2v) is 7.76. The van der Waals surface area contributed by atoms with Gasteiger partial charge in [0, 0.05) is 38.3 Å². The second kappa shape index (κ2) is 7.10. The minimum absolute atomic E-state index is 0.0858. The Labute approximate surface area is 160 Å². The molecule has 6 nitrogen and oxygen atoms in total. The standard InChI is InChI=1S/C19H22F3N3O3/c1-18(2)11-15(26)25(17(18)28)12-16(27)24-8-6-23(7-9-24)14-5-3-4-13(10-14)19(20,21)22/h3-5,10H,6-9,11-12H2,1-2H3. The van der Waals surface area contributed by atoms with Gasteiger partial charge in [-0.3, -0.25) is 19.3 Å². The number of alkyl halides is 3. The summed E-state index contributed by atoms with van der Waals surface area (Å²) < 4.78 is 38.7. The second-order valence-electron chi connectivity index (χ2n) is 7.76. The molecule has 0 spiro atoms. The van der Waals surface area contributed by atoms with E-state index in [-0.39, 0.29) is 30.7 Å². The molecule has 0 N–H and O–H groups in total. The topological polar surface area (TPSA) is 60.9 Å². The number of hydrogen-bond acceptors (Lipinski definition) is 4. The summed E-state index contributed by atoms with van der Waals surface area (Å²) in [6.07, 6.45) is -4.32. The number of benzene rings is 1. The number of hydrogen-bond donors (Lipinski definition) is 0. The van der Waals surface area contributed by atoms with E-state index in [4.69, 9.17) is 0 Å². The summed E-state index contributed by atoms with van der Waals surface area (Å²) in [5, 5.41) is 0. The molecular weight excluding hydrogens is 375 g/mol. The van der Waals surface area contributed by atoms with Gasteiger partial charge in [-0.1, -0.05) is 19.9 Å². The van der Waals surface area contributed by atoms with Gasteiger partial charge in [-0.2, -0.15) is 13.2 Å². The van der Waals surface area contributed by atoms with Crippen LogP contribution in [0.25, 0.3) is 0 Å². The first-order chi connectivity index (χ1) is 13.0. The average molecular weight is 397 g/mol. The Morgan fingerprint density at radius 2 is 1.75 bits per heavy atom. The Kier molecular flexibility index (Phi) is 5.12. The molecule has 3 amide bonds. The highest BCUT2D eigenvalue weighted by Gasteiger charge is 2.45. The fraction of sp³-hybridized carbons (Fsp3) is 0.526. The summed E-state index contributed by atoms with van der Waals surface area (Å²) in [4.78, 5) is 41.1. The van der Waals surface area contributed by atoms with Crippen molar-refractivity contribution in [2.45, 2.75) is 26.4 Å². The van der Waals surface area contributed by atoms with Crippen LogP contribution >= 0.6 is 0 Å². The lowest BCUT2D eigenvalue weighted by molar-refractivity contribution is -0.147. The first-order valence-electron chi connectivity index (χ1n) is 9.04. The van der Waals surface area contributed by atoms with Crippen LogP contribution in [-0.2, 0) is 20.6 Å². The summed E-state index contributed by atoms with van der Waals surface area (Å²) in [6.45, 7) is 4.44. The highest BCUT2D eigenvalue weighted by atomic mass is 19.4. The molecule has 0 aromatic heterocycles. The van der Waals surface area contributed by atoms with Crippen LogP contribution in [0.1, 0.15) is 25.8 Å². The first-order valence-corrected chi connectivity index (χ1v) is 9.04. The number of rotatable bonds is 3. The molecule has 28 heavy (non-hydrogen) atoms. The number of carbonyl (C=O) groups excluding carboxylic acids is 3. The zero-order valence-corrected chi connectivity index (χ0v) is 15.8. The van der Waals surface area contributed by atoms with Gasteiger partial charge in [-0.25, -0.2) is 0 Å². The number of carbonyl (C=O) groups is 3. The minimum atomic E-state index is -4.41.